The third kappa shape index (κ3) is 3.94. The molecule has 0 aliphatic rings. The first-order valence-electron chi connectivity index (χ1n) is 5.18. The van der Waals surface area contributed by atoms with E-state index in [4.69, 9.17) is 0 Å². The summed E-state index contributed by atoms with van der Waals surface area (Å²) in [6.45, 7) is 0. The fourth-order valence-corrected chi connectivity index (χ4v) is 2.19. The molecule has 0 unspecified atom stereocenters. The van der Waals surface area contributed by atoms with E-state index in [2.05, 4.69) is 26.2 Å². The highest BCUT2D eigenvalue weighted by atomic mass is 79.9. The van der Waals surface area contributed by atoms with E-state index in [0.29, 0.717) is 11.6 Å². The van der Waals surface area contributed by atoms with Crippen molar-refractivity contribution >= 4 is 38.3 Å². The van der Waals surface area contributed by atoms with Crippen LogP contribution in [0.15, 0.2) is 40.3 Å². The Morgan fingerprint density at radius 2 is 2.12 bits per heavy atom. The molecule has 1 aromatic carbocycles. The largest absolute Gasteiger partial charge is 0.302 e. The minimum absolute atomic E-state index is 0.00266. The van der Waals surface area contributed by atoms with Gasteiger partial charge in [-0.1, -0.05) is 28.1 Å². The summed E-state index contributed by atoms with van der Waals surface area (Å²) in [5, 5.41) is 5.26. The Labute approximate surface area is 112 Å². The van der Waals surface area contributed by atoms with E-state index < -0.39 is 0 Å². The van der Waals surface area contributed by atoms with Crippen molar-refractivity contribution in [1.29, 1.82) is 0 Å². The number of halogens is 1. The van der Waals surface area contributed by atoms with Gasteiger partial charge in [0.2, 0.25) is 5.91 Å². The van der Waals surface area contributed by atoms with Crippen molar-refractivity contribution < 1.29 is 4.79 Å². The molecule has 1 amide bonds. The number of aromatic nitrogens is 1. The van der Waals surface area contributed by atoms with Gasteiger partial charge in [-0.2, -0.15) is 0 Å². The summed E-state index contributed by atoms with van der Waals surface area (Å²) in [5.74, 6) is 0.00266. The van der Waals surface area contributed by atoms with Gasteiger partial charge < -0.3 is 5.32 Å². The maximum Gasteiger partial charge on any atom is 0.226 e. The number of amides is 1. The van der Waals surface area contributed by atoms with Gasteiger partial charge in [0.05, 0.1) is 0 Å². The second-order valence-electron chi connectivity index (χ2n) is 3.51. The lowest BCUT2D eigenvalue weighted by molar-refractivity contribution is -0.116. The molecule has 0 aliphatic carbocycles. The predicted octanol–water partition coefficient (Wildman–Crippen LogP) is 3.48. The molecule has 0 spiro atoms. The Balaban J connectivity index is 1.82. The van der Waals surface area contributed by atoms with E-state index in [9.17, 15) is 4.79 Å². The number of hydrogen-bond donors (Lipinski definition) is 1. The number of hydrogen-bond acceptors (Lipinski definition) is 3. The van der Waals surface area contributed by atoms with Crippen LogP contribution in [0.25, 0.3) is 0 Å². The van der Waals surface area contributed by atoms with E-state index in [-0.39, 0.29) is 5.91 Å². The van der Waals surface area contributed by atoms with E-state index in [0.717, 1.165) is 16.5 Å². The van der Waals surface area contributed by atoms with Crippen molar-refractivity contribution in [3.63, 3.8) is 0 Å². The highest BCUT2D eigenvalue weighted by Crippen LogP contribution is 2.13. The normalized spacial score (nSPS) is 10.2. The molecule has 2 aromatic rings. The number of nitrogens with one attached hydrogen (secondary N) is 1. The van der Waals surface area contributed by atoms with Crippen LogP contribution in [-0.4, -0.2) is 10.9 Å². The average molecular weight is 311 g/mol. The first kappa shape index (κ1) is 12.3. The molecule has 0 bridgehead atoms. The van der Waals surface area contributed by atoms with E-state index in [1.54, 1.807) is 6.20 Å². The molecule has 2 rings (SSSR count). The minimum atomic E-state index is 0.00266. The molecule has 0 atom stereocenters. The maximum atomic E-state index is 11.6. The summed E-state index contributed by atoms with van der Waals surface area (Å²) < 4.78 is 1.05. The van der Waals surface area contributed by atoms with Crippen LogP contribution in [0.4, 0.5) is 5.13 Å². The lowest BCUT2D eigenvalue weighted by atomic mass is 10.1. The van der Waals surface area contributed by atoms with Crippen LogP contribution in [0, 0.1) is 0 Å². The monoisotopic (exact) mass is 310 g/mol. The van der Waals surface area contributed by atoms with Gasteiger partial charge in [0, 0.05) is 22.5 Å². The summed E-state index contributed by atoms with van der Waals surface area (Å²) in [4.78, 5) is 15.6. The van der Waals surface area contributed by atoms with Crippen LogP contribution in [0.5, 0.6) is 0 Å². The van der Waals surface area contributed by atoms with Crippen LogP contribution in [0.2, 0.25) is 0 Å². The lowest BCUT2D eigenvalue weighted by Gasteiger charge is -2.02. The maximum absolute atomic E-state index is 11.6. The Hall–Kier alpha value is -1.20. The van der Waals surface area contributed by atoms with Crippen LogP contribution < -0.4 is 5.32 Å². The SMILES string of the molecule is O=C(CCc1ccc(Br)cc1)Nc1nccs1. The molecule has 5 heteroatoms. The summed E-state index contributed by atoms with van der Waals surface area (Å²) in [6.07, 6.45) is 2.89. The molecule has 3 nitrogen and oxygen atoms in total. The summed E-state index contributed by atoms with van der Waals surface area (Å²) in [6, 6.07) is 7.99. The van der Waals surface area contributed by atoms with E-state index in [1.807, 2.05) is 29.6 Å². The fourth-order valence-electron chi connectivity index (χ4n) is 1.38. The molecule has 0 aliphatic heterocycles. The molecule has 0 saturated heterocycles. The van der Waals surface area contributed by atoms with Gasteiger partial charge in [-0.05, 0) is 24.1 Å². The average Bonchev–Trinajstić information content (AvgIpc) is 2.81. The number of carbonyl (C=O) groups excluding carboxylic acids is 1. The number of thiazole rings is 1. The van der Waals surface area contributed by atoms with Crippen LogP contribution in [-0.2, 0) is 11.2 Å². The Morgan fingerprint density at radius 1 is 1.35 bits per heavy atom. The summed E-state index contributed by atoms with van der Waals surface area (Å²) >= 11 is 4.80. The van der Waals surface area contributed by atoms with Crippen molar-refractivity contribution in [3.8, 4) is 0 Å². The number of carbonyl (C=O) groups is 1. The summed E-state index contributed by atoms with van der Waals surface area (Å²) in [7, 11) is 0. The fraction of sp³-hybridized carbons (Fsp3) is 0.167. The first-order chi connectivity index (χ1) is 8.24. The standard InChI is InChI=1S/C12H11BrN2OS/c13-10-4-1-9(2-5-10)3-6-11(16)15-12-14-7-8-17-12/h1-2,4-5,7-8H,3,6H2,(H,14,15,16). The van der Waals surface area contributed by atoms with Gasteiger partial charge >= 0.3 is 0 Å². The van der Waals surface area contributed by atoms with Gasteiger partial charge in [0.25, 0.3) is 0 Å². The molecular formula is C12H11BrN2OS. The highest BCUT2D eigenvalue weighted by molar-refractivity contribution is 9.10. The number of rotatable bonds is 4. The number of benzene rings is 1. The molecule has 0 radical (unpaired) electrons. The number of nitrogens with zero attached hydrogens (tertiary/aromatic N) is 1. The first-order valence-corrected chi connectivity index (χ1v) is 6.85. The van der Waals surface area contributed by atoms with Crippen molar-refractivity contribution in [2.24, 2.45) is 0 Å². The van der Waals surface area contributed by atoms with Gasteiger partial charge in [-0.15, -0.1) is 11.3 Å². The van der Waals surface area contributed by atoms with Gasteiger partial charge in [-0.3, -0.25) is 4.79 Å². The van der Waals surface area contributed by atoms with E-state index in [1.165, 1.54) is 11.3 Å². The predicted molar refractivity (Wildman–Crippen MR) is 73.2 cm³/mol. The molecule has 1 heterocycles. The number of anilines is 1. The molecule has 0 fully saturated rings. The highest BCUT2D eigenvalue weighted by Gasteiger charge is 2.04. The Kier molecular flexibility index (Phi) is 4.28. The quantitative estimate of drug-likeness (QED) is 0.939. The molecule has 1 N–H and O–H groups in total. The molecule has 88 valence electrons. The Morgan fingerprint density at radius 3 is 2.76 bits per heavy atom. The van der Waals surface area contributed by atoms with E-state index >= 15 is 0 Å². The zero-order chi connectivity index (χ0) is 12.1. The van der Waals surface area contributed by atoms with Crippen LogP contribution in [0.3, 0.4) is 0 Å². The van der Waals surface area contributed by atoms with Crippen molar-refractivity contribution in [2.75, 3.05) is 5.32 Å². The molecule has 1 aromatic heterocycles. The Bertz CT molecular complexity index is 482. The zero-order valence-corrected chi connectivity index (χ0v) is 11.4. The molecule has 17 heavy (non-hydrogen) atoms. The molecule has 0 saturated carbocycles. The third-order valence-corrected chi connectivity index (χ3v) is 3.45. The zero-order valence-electron chi connectivity index (χ0n) is 9.02. The van der Waals surface area contributed by atoms with Crippen LogP contribution >= 0.6 is 27.3 Å². The van der Waals surface area contributed by atoms with Gasteiger partial charge in [-0.25, -0.2) is 4.98 Å². The minimum Gasteiger partial charge on any atom is -0.302 e. The van der Waals surface area contributed by atoms with Gasteiger partial charge in [0.15, 0.2) is 5.13 Å². The second-order valence-corrected chi connectivity index (χ2v) is 5.32. The molecular weight excluding hydrogens is 300 g/mol. The van der Waals surface area contributed by atoms with Crippen LogP contribution in [0.1, 0.15) is 12.0 Å². The number of aryl methyl sites for hydroxylation is 1. The second kappa shape index (κ2) is 5.93. The topological polar surface area (TPSA) is 42.0 Å². The van der Waals surface area contributed by atoms with Crippen molar-refractivity contribution in [3.05, 3.63) is 45.9 Å². The summed E-state index contributed by atoms with van der Waals surface area (Å²) in [5.41, 5.74) is 1.16. The van der Waals surface area contributed by atoms with Crippen molar-refractivity contribution in [1.82, 2.24) is 4.98 Å². The van der Waals surface area contributed by atoms with Crippen molar-refractivity contribution in [2.45, 2.75) is 12.8 Å². The lowest BCUT2D eigenvalue weighted by Crippen LogP contribution is -2.11. The smallest absolute Gasteiger partial charge is 0.226 e. The third-order valence-electron chi connectivity index (χ3n) is 2.23. The van der Waals surface area contributed by atoms with Gasteiger partial charge in [0.1, 0.15) is 0 Å².